The molecule has 2 aromatic rings. The summed E-state index contributed by atoms with van der Waals surface area (Å²) in [5, 5.41) is 14.2. The van der Waals surface area contributed by atoms with Gasteiger partial charge in [0.2, 0.25) is 5.91 Å². The summed E-state index contributed by atoms with van der Waals surface area (Å²) >= 11 is 1.28. The van der Waals surface area contributed by atoms with E-state index in [9.17, 15) is 14.9 Å². The molecule has 0 spiro atoms. The molecule has 28 heavy (non-hydrogen) atoms. The summed E-state index contributed by atoms with van der Waals surface area (Å²) in [6.45, 7) is 8.04. The highest BCUT2D eigenvalue weighted by molar-refractivity contribution is 7.14. The summed E-state index contributed by atoms with van der Waals surface area (Å²) in [5.74, 6) is -0.575. The number of hydrogen-bond donors (Lipinski definition) is 1. The van der Waals surface area contributed by atoms with E-state index in [0.717, 1.165) is 29.7 Å². The first-order valence-corrected chi connectivity index (χ1v) is 9.98. The van der Waals surface area contributed by atoms with Crippen LogP contribution in [0.15, 0.2) is 29.2 Å². The monoisotopic (exact) mass is 396 g/mol. The first-order chi connectivity index (χ1) is 13.4. The fraction of sp³-hybridized carbons (Fsp3) is 0.333. The minimum absolute atomic E-state index is 0.00601. The van der Waals surface area contributed by atoms with Gasteiger partial charge in [0.25, 0.3) is 5.91 Å². The summed E-state index contributed by atoms with van der Waals surface area (Å²) in [6.07, 6.45) is 3.26. The van der Waals surface area contributed by atoms with E-state index in [1.54, 1.807) is 5.38 Å². The van der Waals surface area contributed by atoms with Gasteiger partial charge in [0.15, 0.2) is 5.13 Å². The van der Waals surface area contributed by atoms with Crippen LogP contribution < -0.4 is 10.2 Å². The predicted molar refractivity (Wildman–Crippen MR) is 112 cm³/mol. The number of nitrogens with zero attached hydrogens (tertiary/aromatic N) is 3. The van der Waals surface area contributed by atoms with Crippen LogP contribution in [0, 0.1) is 25.2 Å². The number of unbranched alkanes of at least 4 members (excludes halogenated alkanes) is 1. The smallest absolute Gasteiger partial charge is 0.262 e. The van der Waals surface area contributed by atoms with Crippen molar-refractivity contribution in [2.45, 2.75) is 40.5 Å². The van der Waals surface area contributed by atoms with Crippen molar-refractivity contribution in [2.24, 2.45) is 0 Å². The van der Waals surface area contributed by atoms with Crippen LogP contribution in [-0.2, 0) is 9.59 Å². The standard InChI is InChI=1S/C21H24N4O2S/c1-5-6-9-23-20(27)17(12-22)11-18-13-28-21(24-18)25(16(4)26)19-8-7-14(2)15(3)10-19/h7-8,10-11,13H,5-6,9H2,1-4H3,(H,23,27)/b17-11+. The van der Waals surface area contributed by atoms with E-state index in [0.29, 0.717) is 17.4 Å². The molecule has 1 N–H and O–H groups in total. The van der Waals surface area contributed by atoms with E-state index in [-0.39, 0.29) is 11.5 Å². The number of amides is 2. The maximum absolute atomic E-state index is 12.2. The molecule has 0 saturated carbocycles. The van der Waals surface area contributed by atoms with Crippen molar-refractivity contribution in [3.8, 4) is 6.07 Å². The fourth-order valence-electron chi connectivity index (χ4n) is 2.51. The number of anilines is 2. The van der Waals surface area contributed by atoms with E-state index in [2.05, 4.69) is 10.3 Å². The third kappa shape index (κ3) is 5.27. The quantitative estimate of drug-likeness (QED) is 0.430. The number of hydrogen-bond acceptors (Lipinski definition) is 5. The molecule has 0 fully saturated rings. The van der Waals surface area contributed by atoms with E-state index < -0.39 is 5.91 Å². The second-order valence-electron chi connectivity index (χ2n) is 6.46. The highest BCUT2D eigenvalue weighted by atomic mass is 32.1. The van der Waals surface area contributed by atoms with Crippen LogP contribution in [0.5, 0.6) is 0 Å². The molecule has 0 bridgehead atoms. The Morgan fingerprint density at radius 2 is 2.07 bits per heavy atom. The second-order valence-corrected chi connectivity index (χ2v) is 7.29. The molecule has 146 valence electrons. The van der Waals surface area contributed by atoms with Crippen LogP contribution in [0.2, 0.25) is 0 Å². The average Bonchev–Trinajstić information content (AvgIpc) is 3.10. The van der Waals surface area contributed by atoms with Gasteiger partial charge in [-0.05, 0) is 49.6 Å². The van der Waals surface area contributed by atoms with Crippen LogP contribution >= 0.6 is 11.3 Å². The number of benzene rings is 1. The molecule has 1 heterocycles. The van der Waals surface area contributed by atoms with Gasteiger partial charge in [-0.2, -0.15) is 5.26 Å². The van der Waals surface area contributed by atoms with Crippen LogP contribution in [-0.4, -0.2) is 23.3 Å². The van der Waals surface area contributed by atoms with Gasteiger partial charge in [0.1, 0.15) is 11.6 Å². The summed E-state index contributed by atoms with van der Waals surface area (Å²) in [7, 11) is 0. The van der Waals surface area contributed by atoms with Crippen molar-refractivity contribution in [1.82, 2.24) is 10.3 Å². The number of carbonyl (C=O) groups excluding carboxylic acids is 2. The van der Waals surface area contributed by atoms with Gasteiger partial charge in [-0.1, -0.05) is 19.4 Å². The predicted octanol–water partition coefficient (Wildman–Crippen LogP) is 4.27. The number of thiazole rings is 1. The van der Waals surface area contributed by atoms with Crippen LogP contribution in [0.1, 0.15) is 43.5 Å². The lowest BCUT2D eigenvalue weighted by atomic mass is 10.1. The largest absolute Gasteiger partial charge is 0.351 e. The lowest BCUT2D eigenvalue weighted by Crippen LogP contribution is -2.25. The van der Waals surface area contributed by atoms with Crippen molar-refractivity contribution in [3.05, 3.63) is 46.0 Å². The highest BCUT2D eigenvalue weighted by Crippen LogP contribution is 2.30. The third-order valence-corrected chi connectivity index (χ3v) is 5.08. The number of aromatic nitrogens is 1. The van der Waals surface area contributed by atoms with Crippen LogP contribution in [0.4, 0.5) is 10.8 Å². The Morgan fingerprint density at radius 1 is 1.32 bits per heavy atom. The number of nitriles is 1. The van der Waals surface area contributed by atoms with Crippen molar-refractivity contribution in [1.29, 1.82) is 5.26 Å². The van der Waals surface area contributed by atoms with E-state index >= 15 is 0 Å². The van der Waals surface area contributed by atoms with Crippen LogP contribution in [0.3, 0.4) is 0 Å². The van der Waals surface area contributed by atoms with Crippen LogP contribution in [0.25, 0.3) is 6.08 Å². The number of aryl methyl sites for hydroxylation is 2. The van der Waals surface area contributed by atoms with Gasteiger partial charge in [-0.25, -0.2) is 4.98 Å². The second kappa shape index (κ2) is 9.81. The van der Waals surface area contributed by atoms with Gasteiger partial charge in [0.05, 0.1) is 11.4 Å². The lowest BCUT2D eigenvalue weighted by molar-refractivity contribution is -0.117. The van der Waals surface area contributed by atoms with Crippen molar-refractivity contribution >= 4 is 40.0 Å². The molecular weight excluding hydrogens is 372 g/mol. The zero-order valence-corrected chi connectivity index (χ0v) is 17.4. The molecule has 0 saturated heterocycles. The Kier molecular flexibility index (Phi) is 7.47. The zero-order chi connectivity index (χ0) is 20.7. The Labute approximate surface area is 169 Å². The Bertz CT molecular complexity index is 940. The minimum Gasteiger partial charge on any atom is -0.351 e. The molecule has 0 aliphatic carbocycles. The molecule has 2 amide bonds. The molecule has 0 radical (unpaired) electrons. The molecule has 7 heteroatoms. The van der Waals surface area contributed by atoms with Gasteiger partial charge >= 0.3 is 0 Å². The molecule has 0 aliphatic heterocycles. The molecule has 1 aromatic heterocycles. The lowest BCUT2D eigenvalue weighted by Gasteiger charge is -2.19. The molecular formula is C21H24N4O2S. The van der Waals surface area contributed by atoms with E-state index in [4.69, 9.17) is 0 Å². The van der Waals surface area contributed by atoms with E-state index in [1.165, 1.54) is 29.2 Å². The summed E-state index contributed by atoms with van der Waals surface area (Å²) < 4.78 is 0. The SMILES string of the molecule is CCCCNC(=O)/C(C#N)=C/c1csc(N(C(C)=O)c2ccc(C)c(C)c2)n1. The maximum atomic E-state index is 12.2. The summed E-state index contributed by atoms with van der Waals surface area (Å²) in [4.78, 5) is 30.3. The molecule has 6 nitrogen and oxygen atoms in total. The van der Waals surface area contributed by atoms with Gasteiger partial charge in [-0.3, -0.25) is 14.5 Å². The normalized spacial score (nSPS) is 11.0. The third-order valence-electron chi connectivity index (χ3n) is 4.24. The topological polar surface area (TPSA) is 86.1 Å². The minimum atomic E-state index is -0.414. The first kappa shape index (κ1) is 21.3. The number of rotatable bonds is 7. The maximum Gasteiger partial charge on any atom is 0.262 e. The number of nitrogens with one attached hydrogen (secondary N) is 1. The molecule has 0 aliphatic rings. The summed E-state index contributed by atoms with van der Waals surface area (Å²) in [5.41, 5.74) is 3.42. The summed E-state index contributed by atoms with van der Waals surface area (Å²) in [6, 6.07) is 7.70. The van der Waals surface area contributed by atoms with E-state index in [1.807, 2.05) is 45.0 Å². The molecule has 0 unspecified atom stereocenters. The molecule has 2 rings (SSSR count). The van der Waals surface area contributed by atoms with Crippen molar-refractivity contribution < 1.29 is 9.59 Å². The van der Waals surface area contributed by atoms with Gasteiger partial charge in [-0.15, -0.1) is 11.3 Å². The van der Waals surface area contributed by atoms with Gasteiger partial charge < -0.3 is 5.32 Å². The van der Waals surface area contributed by atoms with Crippen molar-refractivity contribution in [2.75, 3.05) is 11.4 Å². The fourth-order valence-corrected chi connectivity index (χ4v) is 3.35. The Hall–Kier alpha value is -2.98. The zero-order valence-electron chi connectivity index (χ0n) is 16.6. The van der Waals surface area contributed by atoms with Gasteiger partial charge in [0, 0.05) is 18.8 Å². The molecule has 0 atom stereocenters. The Morgan fingerprint density at radius 3 is 2.68 bits per heavy atom. The first-order valence-electron chi connectivity index (χ1n) is 9.10. The van der Waals surface area contributed by atoms with Crippen molar-refractivity contribution in [3.63, 3.8) is 0 Å². The molecule has 1 aromatic carbocycles. The average molecular weight is 397 g/mol. The Balaban J connectivity index is 2.29. The highest BCUT2D eigenvalue weighted by Gasteiger charge is 2.18. The number of carbonyl (C=O) groups is 2.